The van der Waals surface area contributed by atoms with E-state index in [9.17, 15) is 10.1 Å². The van der Waals surface area contributed by atoms with Gasteiger partial charge in [-0.25, -0.2) is 4.98 Å². The zero-order valence-corrected chi connectivity index (χ0v) is 13.5. The molecule has 1 atom stereocenters. The minimum Gasteiger partial charge on any atom is -0.331 e. The maximum Gasteiger partial charge on any atom is 0.271 e. The van der Waals surface area contributed by atoms with Gasteiger partial charge in [0.25, 0.3) is 5.69 Å². The van der Waals surface area contributed by atoms with Gasteiger partial charge in [-0.15, -0.1) is 11.3 Å². The van der Waals surface area contributed by atoms with Crippen molar-refractivity contribution in [2.75, 3.05) is 11.9 Å². The molecule has 0 bridgehead atoms. The maximum absolute atomic E-state index is 10.8. The highest BCUT2D eigenvalue weighted by atomic mass is 32.1. The molecular weight excluding hydrogens is 300 g/mol. The minimum absolute atomic E-state index is 0.0687. The van der Waals surface area contributed by atoms with Crippen molar-refractivity contribution in [1.29, 1.82) is 0 Å². The van der Waals surface area contributed by atoms with E-state index in [1.165, 1.54) is 23.5 Å². The highest BCUT2D eigenvalue weighted by Gasteiger charge is 2.09. The fourth-order valence-corrected chi connectivity index (χ4v) is 2.80. The lowest BCUT2D eigenvalue weighted by atomic mass is 10.2. The standard InChI is InChI=1S/C15H20N4O2S/c1-3-7-16-11(2)8-13-10-22-15(18-13)17-12-5-4-6-14(9-12)19(20)21/h4-6,9-11,16H,3,7-8H2,1-2H3,(H,17,18). The number of hydrogen-bond donors (Lipinski definition) is 2. The molecule has 22 heavy (non-hydrogen) atoms. The molecule has 0 aliphatic rings. The second kappa shape index (κ2) is 7.86. The number of nitro groups is 1. The maximum atomic E-state index is 10.8. The first-order valence-corrected chi connectivity index (χ1v) is 8.15. The van der Waals surface area contributed by atoms with Gasteiger partial charge in [-0.2, -0.15) is 0 Å². The number of nitro benzene ring substituents is 1. The van der Waals surface area contributed by atoms with Crippen LogP contribution in [0.1, 0.15) is 26.0 Å². The lowest BCUT2D eigenvalue weighted by Crippen LogP contribution is -2.28. The van der Waals surface area contributed by atoms with E-state index in [-0.39, 0.29) is 5.69 Å². The Hall–Kier alpha value is -1.99. The van der Waals surface area contributed by atoms with Crippen LogP contribution in [-0.4, -0.2) is 22.5 Å². The van der Waals surface area contributed by atoms with Crippen molar-refractivity contribution < 1.29 is 4.92 Å². The van der Waals surface area contributed by atoms with Gasteiger partial charge in [0.05, 0.1) is 10.6 Å². The third-order valence-electron chi connectivity index (χ3n) is 3.12. The van der Waals surface area contributed by atoms with Gasteiger partial charge in [-0.3, -0.25) is 10.1 Å². The van der Waals surface area contributed by atoms with Crippen LogP contribution in [0, 0.1) is 10.1 Å². The lowest BCUT2D eigenvalue weighted by molar-refractivity contribution is -0.384. The number of rotatable bonds is 8. The second-order valence-corrected chi connectivity index (χ2v) is 5.99. The molecule has 7 heteroatoms. The number of anilines is 2. The summed E-state index contributed by atoms with van der Waals surface area (Å²) in [6, 6.07) is 6.81. The van der Waals surface area contributed by atoms with Crippen LogP contribution in [0.5, 0.6) is 0 Å². The van der Waals surface area contributed by atoms with Crippen LogP contribution < -0.4 is 10.6 Å². The molecule has 0 saturated carbocycles. The van der Waals surface area contributed by atoms with Gasteiger partial charge in [0.15, 0.2) is 5.13 Å². The summed E-state index contributed by atoms with van der Waals surface area (Å²) < 4.78 is 0. The van der Waals surface area contributed by atoms with Crippen molar-refractivity contribution in [2.45, 2.75) is 32.7 Å². The molecule has 1 aromatic heterocycles. The molecule has 0 radical (unpaired) electrons. The summed E-state index contributed by atoms with van der Waals surface area (Å²) in [6.07, 6.45) is 1.98. The fraction of sp³-hybridized carbons (Fsp3) is 0.400. The third kappa shape index (κ3) is 4.78. The Morgan fingerprint density at radius 3 is 3.00 bits per heavy atom. The Labute approximate surface area is 133 Å². The second-order valence-electron chi connectivity index (χ2n) is 5.14. The minimum atomic E-state index is -0.403. The number of nitrogens with one attached hydrogen (secondary N) is 2. The highest BCUT2D eigenvalue weighted by Crippen LogP contribution is 2.24. The molecule has 2 N–H and O–H groups in total. The summed E-state index contributed by atoms with van der Waals surface area (Å²) in [6.45, 7) is 5.29. The first-order chi connectivity index (χ1) is 10.6. The fourth-order valence-electron chi connectivity index (χ4n) is 2.06. The van der Waals surface area contributed by atoms with Gasteiger partial charge in [-0.1, -0.05) is 13.0 Å². The Bertz CT molecular complexity index is 630. The molecule has 0 aliphatic carbocycles. The zero-order valence-electron chi connectivity index (χ0n) is 12.7. The Kier molecular flexibility index (Phi) is 5.85. The molecule has 1 aromatic carbocycles. The van der Waals surface area contributed by atoms with E-state index in [0.717, 1.165) is 30.2 Å². The third-order valence-corrected chi connectivity index (χ3v) is 3.92. The van der Waals surface area contributed by atoms with Gasteiger partial charge in [0.1, 0.15) is 0 Å². The molecule has 1 unspecified atom stereocenters. The quantitative estimate of drug-likeness (QED) is 0.572. The van der Waals surface area contributed by atoms with Crippen LogP contribution in [0.15, 0.2) is 29.6 Å². The normalized spacial score (nSPS) is 12.1. The number of non-ortho nitro benzene ring substituents is 1. The number of hydrogen-bond acceptors (Lipinski definition) is 6. The first-order valence-electron chi connectivity index (χ1n) is 7.27. The van der Waals surface area contributed by atoms with Crippen molar-refractivity contribution in [1.82, 2.24) is 10.3 Å². The molecule has 1 heterocycles. The van der Waals surface area contributed by atoms with Crippen molar-refractivity contribution in [3.63, 3.8) is 0 Å². The smallest absolute Gasteiger partial charge is 0.271 e. The number of thiazole rings is 1. The molecule has 2 aromatic rings. The monoisotopic (exact) mass is 320 g/mol. The average molecular weight is 320 g/mol. The van der Waals surface area contributed by atoms with Crippen molar-refractivity contribution >= 4 is 27.8 Å². The Morgan fingerprint density at radius 1 is 1.45 bits per heavy atom. The van der Waals surface area contributed by atoms with E-state index in [2.05, 4.69) is 29.5 Å². The van der Waals surface area contributed by atoms with Crippen LogP contribution >= 0.6 is 11.3 Å². The molecule has 0 amide bonds. The summed E-state index contributed by atoms with van der Waals surface area (Å²) in [4.78, 5) is 14.9. The van der Waals surface area contributed by atoms with E-state index in [1.54, 1.807) is 12.1 Å². The summed E-state index contributed by atoms with van der Waals surface area (Å²) in [5.74, 6) is 0. The number of aromatic nitrogens is 1. The summed E-state index contributed by atoms with van der Waals surface area (Å²) in [7, 11) is 0. The van der Waals surface area contributed by atoms with E-state index in [0.29, 0.717) is 11.7 Å². The molecule has 0 saturated heterocycles. The first kappa shape index (κ1) is 16.4. The van der Waals surface area contributed by atoms with Gasteiger partial charge >= 0.3 is 0 Å². The number of benzene rings is 1. The van der Waals surface area contributed by atoms with Gasteiger partial charge in [-0.05, 0) is 26.0 Å². The lowest BCUT2D eigenvalue weighted by Gasteiger charge is -2.10. The Balaban J connectivity index is 1.97. The summed E-state index contributed by atoms with van der Waals surface area (Å²) >= 11 is 1.50. The molecule has 118 valence electrons. The molecule has 6 nitrogen and oxygen atoms in total. The van der Waals surface area contributed by atoms with Crippen molar-refractivity contribution in [3.05, 3.63) is 45.5 Å². The van der Waals surface area contributed by atoms with Crippen molar-refractivity contribution in [2.24, 2.45) is 0 Å². The van der Waals surface area contributed by atoms with E-state index >= 15 is 0 Å². The van der Waals surface area contributed by atoms with Crippen LogP contribution in [0.25, 0.3) is 0 Å². The predicted molar refractivity (Wildman–Crippen MR) is 90.0 cm³/mol. The highest BCUT2D eigenvalue weighted by molar-refractivity contribution is 7.13. The van der Waals surface area contributed by atoms with Crippen LogP contribution in [0.4, 0.5) is 16.5 Å². The van der Waals surface area contributed by atoms with Gasteiger partial charge in [0.2, 0.25) is 0 Å². The Morgan fingerprint density at radius 2 is 2.27 bits per heavy atom. The molecule has 0 aliphatic heterocycles. The van der Waals surface area contributed by atoms with Gasteiger partial charge < -0.3 is 10.6 Å². The average Bonchev–Trinajstić information content (AvgIpc) is 2.92. The van der Waals surface area contributed by atoms with E-state index < -0.39 is 4.92 Å². The predicted octanol–water partition coefficient (Wildman–Crippen LogP) is 3.73. The van der Waals surface area contributed by atoms with Gasteiger partial charge in [0, 0.05) is 35.7 Å². The molecular formula is C15H20N4O2S. The molecule has 0 fully saturated rings. The summed E-state index contributed by atoms with van der Waals surface area (Å²) in [5, 5.41) is 20.1. The molecule has 0 spiro atoms. The zero-order chi connectivity index (χ0) is 15.9. The SMILES string of the molecule is CCCNC(C)Cc1csc(Nc2cccc([N+](=O)[O-])c2)n1. The molecule has 2 rings (SSSR count). The van der Waals surface area contributed by atoms with Crippen LogP contribution in [0.3, 0.4) is 0 Å². The van der Waals surface area contributed by atoms with Crippen LogP contribution in [-0.2, 0) is 6.42 Å². The summed E-state index contributed by atoms with van der Waals surface area (Å²) in [5.41, 5.74) is 1.76. The van der Waals surface area contributed by atoms with E-state index in [4.69, 9.17) is 0 Å². The van der Waals surface area contributed by atoms with E-state index in [1.807, 2.05) is 5.38 Å². The largest absolute Gasteiger partial charge is 0.331 e. The topological polar surface area (TPSA) is 80.1 Å². The van der Waals surface area contributed by atoms with Crippen LogP contribution in [0.2, 0.25) is 0 Å². The van der Waals surface area contributed by atoms with Crippen molar-refractivity contribution in [3.8, 4) is 0 Å². The number of nitrogens with zero attached hydrogens (tertiary/aromatic N) is 2.